The summed E-state index contributed by atoms with van der Waals surface area (Å²) in [5, 5.41) is 87.6. The third-order valence-corrected chi connectivity index (χ3v) is 19.7. The number of nitrogens with one attached hydrogen (secondary N) is 1. The van der Waals surface area contributed by atoms with Crippen molar-refractivity contribution >= 4 is 5.91 Å². The maximum absolute atomic E-state index is 13.4. The minimum Gasteiger partial charge on any atom is -0.394 e. The van der Waals surface area contributed by atoms with Gasteiger partial charge in [-0.25, -0.2) is 0 Å². The zero-order valence-corrected chi connectivity index (χ0v) is 59.1. The number of ether oxygens (including phenoxy) is 4. The molecular formula is C77H149NO13. The molecule has 14 nitrogen and oxygen atoms in total. The van der Waals surface area contributed by atoms with E-state index in [1.165, 1.54) is 315 Å². The number of hydrogen-bond acceptors (Lipinski definition) is 13. The fourth-order valence-electron chi connectivity index (χ4n) is 13.5. The quantitative estimate of drug-likeness (QED) is 0.0204. The number of unbranched alkanes of at least 4 members (excludes halogenated alkanes) is 54. The van der Waals surface area contributed by atoms with E-state index in [1.807, 2.05) is 6.08 Å². The highest BCUT2D eigenvalue weighted by molar-refractivity contribution is 5.76. The van der Waals surface area contributed by atoms with Gasteiger partial charge in [0.05, 0.1) is 32.0 Å². The van der Waals surface area contributed by atoms with Crippen molar-refractivity contribution in [1.29, 1.82) is 0 Å². The van der Waals surface area contributed by atoms with E-state index < -0.39 is 86.8 Å². The predicted molar refractivity (Wildman–Crippen MR) is 374 cm³/mol. The molecule has 9 N–H and O–H groups in total. The molecule has 12 unspecified atom stereocenters. The van der Waals surface area contributed by atoms with E-state index in [2.05, 4.69) is 19.2 Å². The van der Waals surface area contributed by atoms with Gasteiger partial charge in [0.25, 0.3) is 0 Å². The summed E-state index contributed by atoms with van der Waals surface area (Å²) in [6, 6.07) is -0.912. The second kappa shape index (κ2) is 62.3. The Morgan fingerprint density at radius 2 is 0.681 bits per heavy atom. The van der Waals surface area contributed by atoms with Crippen LogP contribution in [-0.2, 0) is 23.7 Å². The van der Waals surface area contributed by atoms with E-state index >= 15 is 0 Å². The van der Waals surface area contributed by atoms with Gasteiger partial charge in [-0.3, -0.25) is 4.79 Å². The van der Waals surface area contributed by atoms with Crippen LogP contribution in [0, 0.1) is 0 Å². The Morgan fingerprint density at radius 3 is 1.01 bits per heavy atom. The number of aliphatic hydroxyl groups is 8. The van der Waals surface area contributed by atoms with Crippen molar-refractivity contribution in [3.8, 4) is 0 Å². The van der Waals surface area contributed by atoms with Crippen LogP contribution < -0.4 is 5.32 Å². The number of allylic oxidation sites excluding steroid dienone is 1. The second-order valence-corrected chi connectivity index (χ2v) is 28.2. The first-order chi connectivity index (χ1) is 44.6. The van der Waals surface area contributed by atoms with Gasteiger partial charge >= 0.3 is 0 Å². The van der Waals surface area contributed by atoms with Gasteiger partial charge in [0.1, 0.15) is 48.8 Å². The minimum atomic E-state index is -1.79. The zero-order valence-electron chi connectivity index (χ0n) is 59.1. The molecule has 0 aliphatic carbocycles. The molecule has 2 aliphatic heterocycles. The molecule has 14 heteroatoms. The molecule has 2 fully saturated rings. The van der Waals surface area contributed by atoms with Crippen LogP contribution in [0.4, 0.5) is 0 Å². The van der Waals surface area contributed by atoms with Crippen LogP contribution in [0.3, 0.4) is 0 Å². The molecule has 0 bridgehead atoms. The summed E-state index contributed by atoms with van der Waals surface area (Å²) in [6.07, 6.45) is 61.5. The summed E-state index contributed by atoms with van der Waals surface area (Å²) >= 11 is 0. The van der Waals surface area contributed by atoms with Gasteiger partial charge in [-0.2, -0.15) is 0 Å². The number of amides is 1. The monoisotopic (exact) mass is 1300 g/mol. The Morgan fingerprint density at radius 1 is 0.385 bits per heavy atom. The Kier molecular flexibility index (Phi) is 58.7. The van der Waals surface area contributed by atoms with Crippen molar-refractivity contribution in [2.75, 3.05) is 19.8 Å². The summed E-state index contributed by atoms with van der Waals surface area (Å²) < 4.78 is 22.9. The van der Waals surface area contributed by atoms with Crippen molar-refractivity contribution in [2.45, 2.75) is 453 Å². The summed E-state index contributed by atoms with van der Waals surface area (Å²) in [5.41, 5.74) is 0. The molecule has 0 aromatic heterocycles. The minimum absolute atomic E-state index is 0.229. The van der Waals surface area contributed by atoms with Crippen LogP contribution in [0.15, 0.2) is 12.2 Å². The Balaban J connectivity index is 1.62. The van der Waals surface area contributed by atoms with E-state index in [9.17, 15) is 45.6 Å². The molecule has 0 aromatic carbocycles. The molecule has 0 spiro atoms. The maximum Gasteiger partial charge on any atom is 0.220 e. The highest BCUT2D eigenvalue weighted by atomic mass is 16.7. The van der Waals surface area contributed by atoms with E-state index in [0.717, 1.165) is 44.9 Å². The molecule has 91 heavy (non-hydrogen) atoms. The molecule has 540 valence electrons. The summed E-state index contributed by atoms with van der Waals surface area (Å²) in [7, 11) is 0. The van der Waals surface area contributed by atoms with Gasteiger partial charge in [-0.15, -0.1) is 0 Å². The van der Waals surface area contributed by atoms with E-state index in [-0.39, 0.29) is 18.9 Å². The van der Waals surface area contributed by atoms with Crippen LogP contribution in [0.5, 0.6) is 0 Å². The van der Waals surface area contributed by atoms with Gasteiger partial charge in [0, 0.05) is 6.42 Å². The van der Waals surface area contributed by atoms with Crippen molar-refractivity contribution in [3.63, 3.8) is 0 Å². The molecular weight excluding hydrogens is 1150 g/mol. The van der Waals surface area contributed by atoms with E-state index in [4.69, 9.17) is 18.9 Å². The molecule has 0 saturated carbocycles. The van der Waals surface area contributed by atoms with Crippen LogP contribution in [0.1, 0.15) is 380 Å². The first kappa shape index (κ1) is 85.8. The maximum atomic E-state index is 13.4. The van der Waals surface area contributed by atoms with Crippen LogP contribution in [-0.4, -0.2) is 140 Å². The topological polar surface area (TPSA) is 228 Å². The molecule has 0 radical (unpaired) electrons. The fourth-order valence-corrected chi connectivity index (χ4v) is 13.5. The lowest BCUT2D eigenvalue weighted by Crippen LogP contribution is -2.65. The summed E-state index contributed by atoms with van der Waals surface area (Å²) in [6.45, 7) is 2.88. The first-order valence-corrected chi connectivity index (χ1v) is 39.4. The normalized spacial score (nSPS) is 22.7. The molecule has 1 amide bonds. The van der Waals surface area contributed by atoms with Crippen LogP contribution in [0.25, 0.3) is 0 Å². The van der Waals surface area contributed by atoms with E-state index in [0.29, 0.717) is 0 Å². The van der Waals surface area contributed by atoms with Crippen LogP contribution >= 0.6 is 0 Å². The van der Waals surface area contributed by atoms with Gasteiger partial charge in [0.15, 0.2) is 12.6 Å². The third kappa shape index (κ3) is 45.8. The fraction of sp³-hybridized carbons (Fsp3) is 0.961. The summed E-state index contributed by atoms with van der Waals surface area (Å²) in [4.78, 5) is 13.4. The predicted octanol–water partition coefficient (Wildman–Crippen LogP) is 17.3. The lowest BCUT2D eigenvalue weighted by molar-refractivity contribution is -0.359. The number of rotatable bonds is 67. The third-order valence-electron chi connectivity index (χ3n) is 19.7. The Labute approximate surface area is 558 Å². The smallest absolute Gasteiger partial charge is 0.220 e. The zero-order chi connectivity index (χ0) is 65.9. The van der Waals surface area contributed by atoms with Gasteiger partial charge in [0.2, 0.25) is 5.91 Å². The Bertz CT molecular complexity index is 1570. The molecule has 0 aromatic rings. The number of carbonyl (C=O) groups excluding carboxylic acids is 1. The second-order valence-electron chi connectivity index (χ2n) is 28.2. The number of carbonyl (C=O) groups is 1. The molecule has 12 atom stereocenters. The lowest BCUT2D eigenvalue weighted by Gasteiger charge is -2.46. The standard InChI is InChI=1S/C77H149NO13/c1-3-5-7-9-11-13-15-17-19-21-23-25-27-29-31-32-33-35-37-39-41-43-45-47-49-51-53-55-57-59-61-69(82)78-65(64-88-76-74(87)72(85)75(68(63-80)90-76)91-77-73(86)71(84)70(83)67(62-79)89-77)66(81)60-58-56-54-52-50-48-46-44-42-40-38-36-34-30-28-26-24-22-20-18-16-14-12-10-8-6-4-2/h58,60,65-68,70-77,79-81,83-87H,3-57,59,61-64H2,1-2H3,(H,78,82)/b60-58+. The first-order valence-electron chi connectivity index (χ1n) is 39.4. The van der Waals surface area contributed by atoms with Crippen molar-refractivity contribution in [1.82, 2.24) is 5.32 Å². The van der Waals surface area contributed by atoms with Crippen LogP contribution in [0.2, 0.25) is 0 Å². The van der Waals surface area contributed by atoms with Crippen molar-refractivity contribution in [3.05, 3.63) is 12.2 Å². The van der Waals surface area contributed by atoms with Crippen molar-refractivity contribution in [2.24, 2.45) is 0 Å². The van der Waals surface area contributed by atoms with Gasteiger partial charge in [-0.05, 0) is 19.3 Å². The average Bonchev–Trinajstić information content (AvgIpc) is 0.971. The highest BCUT2D eigenvalue weighted by Crippen LogP contribution is 2.30. The Hall–Kier alpha value is -1.27. The molecule has 2 rings (SSSR count). The molecule has 2 heterocycles. The number of hydrogen-bond donors (Lipinski definition) is 9. The molecule has 2 aliphatic rings. The van der Waals surface area contributed by atoms with E-state index in [1.54, 1.807) is 6.08 Å². The van der Waals surface area contributed by atoms with Gasteiger partial charge in [-0.1, -0.05) is 366 Å². The number of aliphatic hydroxyl groups excluding tert-OH is 8. The highest BCUT2D eigenvalue weighted by Gasteiger charge is 2.51. The van der Waals surface area contributed by atoms with Crippen molar-refractivity contribution < 1.29 is 64.6 Å². The largest absolute Gasteiger partial charge is 0.394 e. The molecule has 2 saturated heterocycles. The average molecular weight is 1300 g/mol. The SMILES string of the molecule is CCCCCCCCCCCCCCCCCCCCCCCCCCC/C=C/C(O)C(COC1OC(CO)C(OC2OC(CO)C(O)C(O)C2O)C(O)C1O)NC(=O)CCCCCCCCCCCCCCCCCCCCCCCCCCCCCCCC. The summed E-state index contributed by atoms with van der Waals surface area (Å²) in [5.74, 6) is -0.229. The van der Waals surface area contributed by atoms with Gasteiger partial charge < -0.3 is 65.1 Å². The lowest BCUT2D eigenvalue weighted by atomic mass is 9.97.